The molecule has 0 unspecified atom stereocenters. The van der Waals surface area contributed by atoms with Crippen LogP contribution in [0.3, 0.4) is 0 Å². The highest BCUT2D eigenvalue weighted by Crippen LogP contribution is 2.06. The average molecular weight is 279 g/mol. The molecule has 20 heavy (non-hydrogen) atoms. The standard InChI is InChI=1S/C12H21N7O/c1-4-14-11(12(20)9(2)3)7-10-8-19(18-16-10)6-5-15-17-13/h8-9,11,14H,4-7H2,1-3H3/t11-/m0/s1. The first-order valence-electron chi connectivity index (χ1n) is 6.75. The van der Waals surface area contributed by atoms with E-state index < -0.39 is 0 Å². The molecule has 0 amide bonds. The first-order valence-corrected chi connectivity index (χ1v) is 6.75. The van der Waals surface area contributed by atoms with Crippen molar-refractivity contribution in [1.82, 2.24) is 20.3 Å². The Morgan fingerprint density at radius 2 is 2.35 bits per heavy atom. The smallest absolute Gasteiger partial charge is 0.152 e. The van der Waals surface area contributed by atoms with Crippen molar-refractivity contribution >= 4 is 5.78 Å². The second-order valence-electron chi connectivity index (χ2n) is 4.80. The molecule has 1 N–H and O–H groups in total. The van der Waals surface area contributed by atoms with E-state index in [-0.39, 0.29) is 17.7 Å². The van der Waals surface area contributed by atoms with Crippen LogP contribution >= 0.6 is 0 Å². The molecule has 110 valence electrons. The molecule has 8 nitrogen and oxygen atoms in total. The predicted octanol–water partition coefficient (Wildman–Crippen LogP) is 1.33. The van der Waals surface area contributed by atoms with E-state index in [1.807, 2.05) is 20.8 Å². The van der Waals surface area contributed by atoms with Crippen molar-refractivity contribution in [2.24, 2.45) is 11.0 Å². The Bertz CT molecular complexity index is 476. The van der Waals surface area contributed by atoms with Crippen LogP contribution in [0.25, 0.3) is 10.4 Å². The summed E-state index contributed by atoms with van der Waals surface area (Å²) in [5.41, 5.74) is 8.96. The maximum absolute atomic E-state index is 12.1. The van der Waals surface area contributed by atoms with Crippen LogP contribution in [0.1, 0.15) is 26.5 Å². The lowest BCUT2D eigenvalue weighted by atomic mass is 9.98. The van der Waals surface area contributed by atoms with Gasteiger partial charge in [-0.05, 0) is 12.1 Å². The van der Waals surface area contributed by atoms with Crippen LogP contribution in [0.4, 0.5) is 0 Å². The fourth-order valence-corrected chi connectivity index (χ4v) is 1.86. The van der Waals surface area contributed by atoms with Crippen LogP contribution in [0.5, 0.6) is 0 Å². The number of Topliss-reactive ketones (excluding diaryl/α,β-unsaturated/α-hetero) is 1. The van der Waals surface area contributed by atoms with E-state index >= 15 is 0 Å². The molecule has 0 fully saturated rings. The van der Waals surface area contributed by atoms with Crippen LogP contribution in [0, 0.1) is 5.92 Å². The minimum atomic E-state index is -0.234. The van der Waals surface area contributed by atoms with E-state index in [0.717, 1.165) is 12.2 Å². The number of aromatic nitrogens is 3. The van der Waals surface area contributed by atoms with Gasteiger partial charge in [-0.1, -0.05) is 31.1 Å². The molecule has 1 atom stereocenters. The number of nitrogens with one attached hydrogen (secondary N) is 1. The fourth-order valence-electron chi connectivity index (χ4n) is 1.86. The van der Waals surface area contributed by atoms with E-state index in [1.165, 1.54) is 0 Å². The molecule has 1 aromatic heterocycles. The molecular weight excluding hydrogens is 258 g/mol. The van der Waals surface area contributed by atoms with E-state index in [9.17, 15) is 4.79 Å². The Balaban J connectivity index is 2.64. The third-order valence-electron chi connectivity index (χ3n) is 2.85. The van der Waals surface area contributed by atoms with Gasteiger partial charge in [-0.2, -0.15) is 0 Å². The molecule has 0 aliphatic heterocycles. The van der Waals surface area contributed by atoms with Crippen LogP contribution in [0.15, 0.2) is 11.3 Å². The predicted molar refractivity (Wildman–Crippen MR) is 75.0 cm³/mol. The zero-order valence-electron chi connectivity index (χ0n) is 12.2. The molecule has 0 saturated carbocycles. The van der Waals surface area contributed by atoms with Gasteiger partial charge in [0.2, 0.25) is 0 Å². The van der Waals surface area contributed by atoms with Crippen LogP contribution in [-0.2, 0) is 17.8 Å². The third-order valence-corrected chi connectivity index (χ3v) is 2.85. The second-order valence-corrected chi connectivity index (χ2v) is 4.80. The number of hydrogen-bond acceptors (Lipinski definition) is 5. The van der Waals surface area contributed by atoms with Gasteiger partial charge in [0, 0.05) is 36.5 Å². The topological polar surface area (TPSA) is 109 Å². The molecule has 0 saturated heterocycles. The maximum atomic E-state index is 12.1. The van der Waals surface area contributed by atoms with Crippen molar-refractivity contribution in [3.63, 3.8) is 0 Å². The van der Waals surface area contributed by atoms with Crippen LogP contribution < -0.4 is 5.32 Å². The lowest BCUT2D eigenvalue weighted by molar-refractivity contribution is -0.123. The first-order chi connectivity index (χ1) is 9.58. The highest BCUT2D eigenvalue weighted by molar-refractivity contribution is 5.85. The van der Waals surface area contributed by atoms with Gasteiger partial charge in [0.1, 0.15) is 0 Å². The molecule has 0 bridgehead atoms. The number of carbonyl (C=O) groups is 1. The van der Waals surface area contributed by atoms with Crippen molar-refractivity contribution in [2.75, 3.05) is 13.1 Å². The summed E-state index contributed by atoms with van der Waals surface area (Å²) in [6.07, 6.45) is 2.30. The third kappa shape index (κ3) is 4.99. The van der Waals surface area contributed by atoms with Gasteiger partial charge < -0.3 is 5.32 Å². The Morgan fingerprint density at radius 3 is 2.95 bits per heavy atom. The number of azide groups is 1. The minimum Gasteiger partial charge on any atom is -0.307 e. The van der Waals surface area contributed by atoms with Gasteiger partial charge in [0.25, 0.3) is 0 Å². The maximum Gasteiger partial charge on any atom is 0.152 e. The summed E-state index contributed by atoms with van der Waals surface area (Å²) < 4.78 is 1.62. The van der Waals surface area contributed by atoms with E-state index in [4.69, 9.17) is 5.53 Å². The highest BCUT2D eigenvalue weighted by atomic mass is 16.1. The summed E-state index contributed by atoms with van der Waals surface area (Å²) in [7, 11) is 0. The summed E-state index contributed by atoms with van der Waals surface area (Å²) in [5.74, 6) is 0.162. The summed E-state index contributed by atoms with van der Waals surface area (Å²) in [6, 6.07) is -0.234. The van der Waals surface area contributed by atoms with Gasteiger partial charge in [-0.25, -0.2) is 0 Å². The first kappa shape index (κ1) is 16.1. The van der Waals surface area contributed by atoms with Crippen molar-refractivity contribution in [2.45, 2.75) is 39.8 Å². The molecule has 8 heteroatoms. The number of hydrogen-bond donors (Lipinski definition) is 1. The minimum absolute atomic E-state index is 0.0148. The molecule has 0 aromatic carbocycles. The zero-order chi connectivity index (χ0) is 15.0. The lowest BCUT2D eigenvalue weighted by Crippen LogP contribution is -2.40. The van der Waals surface area contributed by atoms with Crippen molar-refractivity contribution < 1.29 is 4.79 Å². The normalized spacial score (nSPS) is 12.2. The number of ketones is 1. The Morgan fingerprint density at radius 1 is 1.60 bits per heavy atom. The molecule has 0 spiro atoms. The number of carbonyl (C=O) groups excluding carboxylic acids is 1. The number of nitrogens with zero attached hydrogens (tertiary/aromatic N) is 6. The van der Waals surface area contributed by atoms with Gasteiger partial charge in [0.15, 0.2) is 5.78 Å². The van der Waals surface area contributed by atoms with Crippen LogP contribution in [0.2, 0.25) is 0 Å². The van der Waals surface area contributed by atoms with Gasteiger partial charge in [0.05, 0.1) is 11.7 Å². The Labute approximate surface area is 118 Å². The second kappa shape index (κ2) is 8.29. The van der Waals surface area contributed by atoms with Crippen molar-refractivity contribution in [3.8, 4) is 0 Å². The summed E-state index contributed by atoms with van der Waals surface area (Å²) in [4.78, 5) is 14.8. The SMILES string of the molecule is CCN[C@@H](Cc1cn(CCN=[N+]=[N-])nn1)C(=O)C(C)C. The van der Waals surface area contributed by atoms with Gasteiger partial charge in [-0.3, -0.25) is 9.48 Å². The molecule has 1 aromatic rings. The summed E-state index contributed by atoms with van der Waals surface area (Å²) in [6.45, 7) is 7.31. The largest absolute Gasteiger partial charge is 0.307 e. The van der Waals surface area contributed by atoms with E-state index in [0.29, 0.717) is 19.5 Å². The Hall–Kier alpha value is -1.92. The molecule has 1 rings (SSSR count). The van der Waals surface area contributed by atoms with Gasteiger partial charge >= 0.3 is 0 Å². The summed E-state index contributed by atoms with van der Waals surface area (Å²) >= 11 is 0. The molecule has 0 aliphatic rings. The molecule has 1 heterocycles. The lowest BCUT2D eigenvalue weighted by Gasteiger charge is -2.17. The highest BCUT2D eigenvalue weighted by Gasteiger charge is 2.21. The molecule has 0 radical (unpaired) electrons. The van der Waals surface area contributed by atoms with Crippen LogP contribution in [-0.4, -0.2) is 39.9 Å². The fraction of sp³-hybridized carbons (Fsp3) is 0.750. The quantitative estimate of drug-likeness (QED) is 0.418. The number of rotatable bonds is 9. The van der Waals surface area contributed by atoms with E-state index in [2.05, 4.69) is 25.7 Å². The monoisotopic (exact) mass is 279 g/mol. The van der Waals surface area contributed by atoms with Gasteiger partial charge in [-0.15, -0.1) is 5.10 Å². The van der Waals surface area contributed by atoms with Crippen molar-refractivity contribution in [3.05, 3.63) is 22.3 Å². The summed E-state index contributed by atoms with van der Waals surface area (Å²) in [5, 5.41) is 14.6. The number of likely N-dealkylation sites (N-methyl/N-ethyl adjacent to an activating group) is 1. The molecular formula is C12H21N7O. The zero-order valence-corrected chi connectivity index (χ0v) is 12.2. The molecule has 0 aliphatic carbocycles. The van der Waals surface area contributed by atoms with Crippen molar-refractivity contribution in [1.29, 1.82) is 0 Å². The average Bonchev–Trinajstić information content (AvgIpc) is 2.85. The Kier molecular flexibility index (Phi) is 6.69. The van der Waals surface area contributed by atoms with E-state index in [1.54, 1.807) is 10.9 Å².